The van der Waals surface area contributed by atoms with Crippen LogP contribution in [0.2, 0.25) is 0 Å². The summed E-state index contributed by atoms with van der Waals surface area (Å²) in [5.74, 6) is 0.182. The van der Waals surface area contributed by atoms with E-state index in [2.05, 4.69) is 26.5 Å². The number of fused-ring (bicyclic) bond motifs is 1. The molecule has 1 N–H and O–H groups in total. The predicted molar refractivity (Wildman–Crippen MR) is 95.0 cm³/mol. The normalized spacial score (nSPS) is 11.7. The van der Waals surface area contributed by atoms with Crippen LogP contribution < -0.4 is 11.0 Å². The Labute approximate surface area is 145 Å². The highest BCUT2D eigenvalue weighted by Gasteiger charge is 2.08. The number of nitrogens with one attached hydrogen (secondary N) is 1. The summed E-state index contributed by atoms with van der Waals surface area (Å²) in [5, 5.41) is 4.97. The maximum Gasteiger partial charge on any atom is 0.260 e. The van der Waals surface area contributed by atoms with E-state index in [4.69, 9.17) is 4.42 Å². The Morgan fingerprint density at radius 2 is 2.12 bits per heavy atom. The highest BCUT2D eigenvalue weighted by atomic mass is 79.9. The lowest BCUT2D eigenvalue weighted by Crippen LogP contribution is -2.29. The van der Waals surface area contributed by atoms with Gasteiger partial charge in [-0.05, 0) is 37.3 Å². The minimum absolute atomic E-state index is 0.0937. The van der Waals surface area contributed by atoms with Crippen molar-refractivity contribution < 1.29 is 9.21 Å². The lowest BCUT2D eigenvalue weighted by molar-refractivity contribution is -0.121. The molecular formula is C17H14BrN3O3. The number of carbonyl (C=O) groups excluding carboxylic acids is 1. The van der Waals surface area contributed by atoms with Crippen molar-refractivity contribution in [3.8, 4) is 0 Å². The van der Waals surface area contributed by atoms with Crippen LogP contribution in [0.1, 0.15) is 12.7 Å². The Kier molecular flexibility index (Phi) is 4.61. The van der Waals surface area contributed by atoms with Gasteiger partial charge in [-0.15, -0.1) is 0 Å². The Morgan fingerprint density at radius 1 is 1.29 bits per heavy atom. The molecule has 2 heterocycles. The molecule has 0 saturated heterocycles. The number of hydrazone groups is 1. The number of rotatable bonds is 4. The second-order valence-electron chi connectivity index (χ2n) is 5.19. The molecule has 24 heavy (non-hydrogen) atoms. The van der Waals surface area contributed by atoms with Gasteiger partial charge in [-0.25, -0.2) is 5.43 Å². The highest BCUT2D eigenvalue weighted by molar-refractivity contribution is 9.10. The summed E-state index contributed by atoms with van der Waals surface area (Å²) in [4.78, 5) is 23.5. The van der Waals surface area contributed by atoms with Crippen molar-refractivity contribution in [3.63, 3.8) is 0 Å². The van der Waals surface area contributed by atoms with Crippen LogP contribution in [-0.2, 0) is 11.3 Å². The zero-order valence-corrected chi connectivity index (χ0v) is 14.4. The second kappa shape index (κ2) is 6.84. The Hall–Kier alpha value is -2.67. The average molecular weight is 388 g/mol. The van der Waals surface area contributed by atoms with Crippen LogP contribution in [0.25, 0.3) is 11.0 Å². The molecular weight excluding hydrogens is 374 g/mol. The molecule has 0 aliphatic rings. The van der Waals surface area contributed by atoms with Gasteiger partial charge in [-0.2, -0.15) is 5.10 Å². The van der Waals surface area contributed by atoms with Gasteiger partial charge in [0.25, 0.3) is 11.5 Å². The van der Waals surface area contributed by atoms with Crippen LogP contribution in [0.5, 0.6) is 0 Å². The van der Waals surface area contributed by atoms with E-state index in [-0.39, 0.29) is 18.0 Å². The topological polar surface area (TPSA) is 76.6 Å². The Bertz CT molecular complexity index is 988. The van der Waals surface area contributed by atoms with E-state index in [0.717, 1.165) is 15.4 Å². The van der Waals surface area contributed by atoms with E-state index in [0.29, 0.717) is 11.5 Å². The van der Waals surface area contributed by atoms with Crippen LogP contribution >= 0.6 is 15.9 Å². The van der Waals surface area contributed by atoms with Crippen LogP contribution in [0.15, 0.2) is 67.4 Å². The van der Waals surface area contributed by atoms with Gasteiger partial charge >= 0.3 is 0 Å². The third-order valence-corrected chi connectivity index (χ3v) is 3.89. The largest absolute Gasteiger partial charge is 0.455 e. The fourth-order valence-corrected chi connectivity index (χ4v) is 2.55. The molecule has 0 atom stereocenters. The van der Waals surface area contributed by atoms with Crippen molar-refractivity contribution in [2.24, 2.45) is 5.10 Å². The minimum atomic E-state index is -0.387. The summed E-state index contributed by atoms with van der Waals surface area (Å²) in [7, 11) is 0. The first-order valence-corrected chi connectivity index (χ1v) is 8.00. The first kappa shape index (κ1) is 16.2. The van der Waals surface area contributed by atoms with Gasteiger partial charge in [-0.1, -0.05) is 22.0 Å². The zero-order chi connectivity index (χ0) is 17.1. The van der Waals surface area contributed by atoms with E-state index < -0.39 is 0 Å². The Balaban J connectivity index is 1.72. The SMILES string of the molecule is C/C(=N/NC(=O)Cn1ccccc1=O)c1cc2cc(Br)ccc2o1. The van der Waals surface area contributed by atoms with E-state index >= 15 is 0 Å². The average Bonchev–Trinajstić information content (AvgIpc) is 2.98. The molecule has 0 radical (unpaired) electrons. The third-order valence-electron chi connectivity index (χ3n) is 3.40. The molecule has 7 heteroatoms. The standard InChI is InChI=1S/C17H14BrN3O3/c1-11(15-9-12-8-13(18)5-6-14(12)24-15)19-20-16(22)10-21-7-3-2-4-17(21)23/h2-9H,10H2,1H3,(H,20,22)/b19-11-. The first-order chi connectivity index (χ1) is 11.5. The van der Waals surface area contributed by atoms with E-state index in [9.17, 15) is 9.59 Å². The molecule has 122 valence electrons. The maximum atomic E-state index is 11.9. The van der Waals surface area contributed by atoms with Gasteiger partial charge in [-0.3, -0.25) is 9.59 Å². The van der Waals surface area contributed by atoms with E-state index in [1.807, 2.05) is 24.3 Å². The number of halogens is 1. The fourth-order valence-electron chi connectivity index (χ4n) is 2.18. The monoisotopic (exact) mass is 387 g/mol. The first-order valence-electron chi connectivity index (χ1n) is 7.21. The fraction of sp³-hybridized carbons (Fsp3) is 0.118. The molecule has 0 unspecified atom stereocenters. The third kappa shape index (κ3) is 3.62. The Morgan fingerprint density at radius 3 is 2.92 bits per heavy atom. The van der Waals surface area contributed by atoms with Gasteiger partial charge in [0.2, 0.25) is 0 Å². The molecule has 1 amide bonds. The predicted octanol–water partition coefficient (Wildman–Crippen LogP) is 2.90. The van der Waals surface area contributed by atoms with Gasteiger partial charge in [0, 0.05) is 22.1 Å². The number of furan rings is 1. The van der Waals surface area contributed by atoms with E-state index in [1.54, 1.807) is 25.3 Å². The smallest absolute Gasteiger partial charge is 0.260 e. The molecule has 3 rings (SSSR count). The van der Waals surface area contributed by atoms with Crippen molar-refractivity contribution in [1.82, 2.24) is 9.99 Å². The van der Waals surface area contributed by atoms with Crippen LogP contribution in [0.4, 0.5) is 0 Å². The lowest BCUT2D eigenvalue weighted by atomic mass is 10.2. The minimum Gasteiger partial charge on any atom is -0.455 e. The quantitative estimate of drug-likeness (QED) is 0.552. The summed E-state index contributed by atoms with van der Waals surface area (Å²) < 4.78 is 7.96. The summed E-state index contributed by atoms with van der Waals surface area (Å²) in [5.41, 5.74) is 3.47. The summed E-state index contributed by atoms with van der Waals surface area (Å²) in [6, 6.07) is 12.3. The van der Waals surface area contributed by atoms with E-state index in [1.165, 1.54) is 10.6 Å². The van der Waals surface area contributed by atoms with Crippen molar-refractivity contribution in [2.75, 3.05) is 0 Å². The number of pyridine rings is 1. The summed E-state index contributed by atoms with van der Waals surface area (Å²) >= 11 is 3.41. The van der Waals surface area contributed by atoms with Crippen LogP contribution in [-0.4, -0.2) is 16.2 Å². The molecule has 2 aromatic heterocycles. The van der Waals surface area contributed by atoms with Gasteiger partial charge < -0.3 is 8.98 Å². The van der Waals surface area contributed by atoms with Crippen molar-refractivity contribution in [1.29, 1.82) is 0 Å². The zero-order valence-electron chi connectivity index (χ0n) is 12.8. The number of hydrogen-bond donors (Lipinski definition) is 1. The molecule has 6 nitrogen and oxygen atoms in total. The molecule has 0 bridgehead atoms. The molecule has 3 aromatic rings. The summed E-state index contributed by atoms with van der Waals surface area (Å²) in [6.07, 6.45) is 1.55. The second-order valence-corrected chi connectivity index (χ2v) is 6.11. The molecule has 0 fully saturated rings. The van der Waals surface area contributed by atoms with Gasteiger partial charge in [0.15, 0.2) is 5.76 Å². The van der Waals surface area contributed by atoms with Crippen molar-refractivity contribution in [2.45, 2.75) is 13.5 Å². The molecule has 0 aliphatic heterocycles. The summed E-state index contributed by atoms with van der Waals surface area (Å²) in [6.45, 7) is 1.64. The molecule has 0 aliphatic carbocycles. The van der Waals surface area contributed by atoms with Crippen LogP contribution in [0.3, 0.4) is 0 Å². The number of amides is 1. The number of benzene rings is 1. The molecule has 0 saturated carbocycles. The molecule has 1 aromatic carbocycles. The van der Waals surface area contributed by atoms with Crippen LogP contribution in [0, 0.1) is 0 Å². The lowest BCUT2D eigenvalue weighted by Gasteiger charge is -2.03. The van der Waals surface area contributed by atoms with Gasteiger partial charge in [0.05, 0.1) is 0 Å². The number of hydrogen-bond acceptors (Lipinski definition) is 4. The number of carbonyl (C=O) groups is 1. The number of aromatic nitrogens is 1. The number of nitrogens with zero attached hydrogens (tertiary/aromatic N) is 2. The molecule has 0 spiro atoms. The van der Waals surface area contributed by atoms with Gasteiger partial charge in [0.1, 0.15) is 17.8 Å². The highest BCUT2D eigenvalue weighted by Crippen LogP contribution is 2.23. The van der Waals surface area contributed by atoms with Crippen molar-refractivity contribution >= 4 is 38.5 Å². The maximum absolute atomic E-state index is 11.9. The van der Waals surface area contributed by atoms with Crippen molar-refractivity contribution in [3.05, 3.63) is 69.2 Å².